The van der Waals surface area contributed by atoms with Gasteiger partial charge < -0.3 is 9.68 Å². The number of nitrogens with zero attached hydrogens (tertiary/aromatic N) is 4. The lowest BCUT2D eigenvalue weighted by Crippen LogP contribution is -2.06. The summed E-state index contributed by atoms with van der Waals surface area (Å²) in [5.74, 6) is 0. The summed E-state index contributed by atoms with van der Waals surface area (Å²) in [5.41, 5.74) is 3.77. The second kappa shape index (κ2) is 10.8. The van der Waals surface area contributed by atoms with Gasteiger partial charge in [-0.3, -0.25) is 9.97 Å². The van der Waals surface area contributed by atoms with E-state index in [4.69, 9.17) is 32.9 Å². The van der Waals surface area contributed by atoms with Crippen molar-refractivity contribution in [2.24, 2.45) is 10.3 Å². The Morgan fingerprint density at radius 3 is 2.74 bits per heavy atom. The topological polar surface area (TPSA) is 69.0 Å². The second-order valence-electron chi connectivity index (χ2n) is 5.69. The highest BCUT2D eigenvalue weighted by Crippen LogP contribution is 2.20. The minimum atomic E-state index is 0.459. The SMILES string of the molecule is CCC(=NOCCCc1cccc(/C(C)=N/OC)n1)c1ncc(Cl)cc1Cl. The van der Waals surface area contributed by atoms with Crippen LogP contribution < -0.4 is 0 Å². The summed E-state index contributed by atoms with van der Waals surface area (Å²) < 4.78 is 0. The second-order valence-corrected chi connectivity index (χ2v) is 6.53. The van der Waals surface area contributed by atoms with E-state index in [0.29, 0.717) is 34.5 Å². The van der Waals surface area contributed by atoms with Crippen LogP contribution in [0.15, 0.2) is 40.8 Å². The van der Waals surface area contributed by atoms with Crippen LogP contribution in [-0.2, 0) is 16.1 Å². The molecule has 27 heavy (non-hydrogen) atoms. The average molecular weight is 409 g/mol. The fourth-order valence-corrected chi connectivity index (χ4v) is 2.84. The molecule has 0 amide bonds. The summed E-state index contributed by atoms with van der Waals surface area (Å²) in [4.78, 5) is 19.0. The van der Waals surface area contributed by atoms with Crippen LogP contribution in [0, 0.1) is 0 Å². The molecule has 0 saturated carbocycles. The molecule has 0 atom stereocenters. The lowest BCUT2D eigenvalue weighted by Gasteiger charge is -2.07. The van der Waals surface area contributed by atoms with Crippen molar-refractivity contribution in [3.05, 3.63) is 57.6 Å². The molecule has 2 rings (SSSR count). The van der Waals surface area contributed by atoms with Crippen molar-refractivity contribution in [1.82, 2.24) is 9.97 Å². The van der Waals surface area contributed by atoms with Gasteiger partial charge in [-0.05, 0) is 44.4 Å². The summed E-state index contributed by atoms with van der Waals surface area (Å²) in [7, 11) is 1.52. The largest absolute Gasteiger partial charge is 0.399 e. The third-order valence-electron chi connectivity index (χ3n) is 3.67. The van der Waals surface area contributed by atoms with E-state index >= 15 is 0 Å². The van der Waals surface area contributed by atoms with Crippen LogP contribution in [0.1, 0.15) is 43.8 Å². The summed E-state index contributed by atoms with van der Waals surface area (Å²) >= 11 is 12.1. The molecule has 0 aliphatic heterocycles. The Kier molecular flexibility index (Phi) is 8.48. The van der Waals surface area contributed by atoms with E-state index in [1.54, 1.807) is 12.3 Å². The van der Waals surface area contributed by atoms with E-state index in [9.17, 15) is 0 Å². The molecule has 0 aromatic carbocycles. The highest BCUT2D eigenvalue weighted by Gasteiger charge is 2.10. The van der Waals surface area contributed by atoms with Crippen LogP contribution in [0.4, 0.5) is 0 Å². The molecule has 144 valence electrons. The molecule has 0 aliphatic carbocycles. The average Bonchev–Trinajstić information content (AvgIpc) is 2.66. The normalized spacial score (nSPS) is 12.2. The summed E-state index contributed by atoms with van der Waals surface area (Å²) in [6.45, 7) is 4.29. The van der Waals surface area contributed by atoms with Crippen LogP contribution >= 0.6 is 23.2 Å². The number of aromatic nitrogens is 2. The Labute approximate surface area is 169 Å². The number of hydrogen-bond donors (Lipinski definition) is 0. The number of oxime groups is 2. The quantitative estimate of drug-likeness (QED) is 0.335. The lowest BCUT2D eigenvalue weighted by atomic mass is 10.2. The van der Waals surface area contributed by atoms with Crippen molar-refractivity contribution < 1.29 is 9.68 Å². The van der Waals surface area contributed by atoms with Gasteiger partial charge in [0, 0.05) is 11.9 Å². The van der Waals surface area contributed by atoms with Gasteiger partial charge in [0.15, 0.2) is 0 Å². The van der Waals surface area contributed by atoms with E-state index in [0.717, 1.165) is 29.9 Å². The van der Waals surface area contributed by atoms with Crippen molar-refractivity contribution in [2.75, 3.05) is 13.7 Å². The molecular weight excluding hydrogens is 387 g/mol. The van der Waals surface area contributed by atoms with Crippen LogP contribution in [-0.4, -0.2) is 35.1 Å². The summed E-state index contributed by atoms with van der Waals surface area (Å²) in [6.07, 6.45) is 3.74. The summed E-state index contributed by atoms with van der Waals surface area (Å²) in [5, 5.41) is 9.02. The molecular formula is C19H22Cl2N4O2. The van der Waals surface area contributed by atoms with E-state index in [1.807, 2.05) is 32.0 Å². The molecule has 0 N–H and O–H groups in total. The molecule has 0 radical (unpaired) electrons. The van der Waals surface area contributed by atoms with Crippen molar-refractivity contribution >= 4 is 34.6 Å². The number of pyridine rings is 2. The Balaban J connectivity index is 1.90. The van der Waals surface area contributed by atoms with Crippen molar-refractivity contribution in [1.29, 1.82) is 0 Å². The Morgan fingerprint density at radius 1 is 1.22 bits per heavy atom. The van der Waals surface area contributed by atoms with E-state index < -0.39 is 0 Å². The zero-order valence-corrected chi connectivity index (χ0v) is 17.1. The van der Waals surface area contributed by atoms with Gasteiger partial charge in [-0.2, -0.15) is 0 Å². The van der Waals surface area contributed by atoms with Gasteiger partial charge in [0.2, 0.25) is 0 Å². The smallest absolute Gasteiger partial charge is 0.117 e. The molecule has 2 aromatic heterocycles. The van der Waals surface area contributed by atoms with Crippen molar-refractivity contribution in [3.8, 4) is 0 Å². The first kappa shape index (κ1) is 21.1. The molecule has 0 fully saturated rings. The third-order valence-corrected chi connectivity index (χ3v) is 4.16. The lowest BCUT2D eigenvalue weighted by molar-refractivity contribution is 0.141. The van der Waals surface area contributed by atoms with Crippen molar-refractivity contribution in [3.63, 3.8) is 0 Å². The maximum absolute atomic E-state index is 6.18. The van der Waals surface area contributed by atoms with Crippen molar-refractivity contribution in [2.45, 2.75) is 33.1 Å². The van der Waals surface area contributed by atoms with Crippen LogP contribution in [0.5, 0.6) is 0 Å². The first-order valence-corrected chi connectivity index (χ1v) is 9.35. The van der Waals surface area contributed by atoms with Gasteiger partial charge in [-0.15, -0.1) is 0 Å². The Hall–Kier alpha value is -2.18. The molecule has 2 heterocycles. The maximum Gasteiger partial charge on any atom is 0.117 e. The molecule has 0 bridgehead atoms. The molecule has 0 saturated heterocycles. The minimum Gasteiger partial charge on any atom is -0.399 e. The predicted octanol–water partition coefficient (Wildman–Crippen LogP) is 4.92. The first-order valence-electron chi connectivity index (χ1n) is 8.59. The van der Waals surface area contributed by atoms with E-state index in [1.165, 1.54) is 7.11 Å². The van der Waals surface area contributed by atoms with Crippen LogP contribution in [0.3, 0.4) is 0 Å². The summed E-state index contributed by atoms with van der Waals surface area (Å²) in [6, 6.07) is 7.47. The van der Waals surface area contributed by atoms with Gasteiger partial charge in [0.1, 0.15) is 30.8 Å². The monoisotopic (exact) mass is 408 g/mol. The van der Waals surface area contributed by atoms with Crippen LogP contribution in [0.25, 0.3) is 0 Å². The first-order chi connectivity index (χ1) is 13.0. The molecule has 0 aliphatic rings. The number of aryl methyl sites for hydroxylation is 1. The van der Waals surface area contributed by atoms with Gasteiger partial charge in [0.25, 0.3) is 0 Å². The predicted molar refractivity (Wildman–Crippen MR) is 109 cm³/mol. The molecule has 0 spiro atoms. The molecule has 6 nitrogen and oxygen atoms in total. The number of halogens is 2. The fourth-order valence-electron chi connectivity index (χ4n) is 2.35. The van der Waals surface area contributed by atoms with Gasteiger partial charge in [-0.1, -0.05) is 46.5 Å². The fraction of sp³-hybridized carbons (Fsp3) is 0.368. The maximum atomic E-state index is 6.18. The minimum absolute atomic E-state index is 0.459. The highest BCUT2D eigenvalue weighted by molar-refractivity contribution is 6.36. The Bertz CT molecular complexity index is 825. The molecule has 2 aromatic rings. The molecule has 8 heteroatoms. The zero-order chi connectivity index (χ0) is 19.6. The van der Waals surface area contributed by atoms with Gasteiger partial charge in [-0.25, -0.2) is 0 Å². The number of hydrogen-bond acceptors (Lipinski definition) is 6. The highest BCUT2D eigenvalue weighted by atomic mass is 35.5. The van der Waals surface area contributed by atoms with Gasteiger partial charge >= 0.3 is 0 Å². The Morgan fingerprint density at radius 2 is 2.04 bits per heavy atom. The van der Waals surface area contributed by atoms with Crippen LogP contribution in [0.2, 0.25) is 10.0 Å². The van der Waals surface area contributed by atoms with E-state index in [-0.39, 0.29) is 0 Å². The van der Waals surface area contributed by atoms with Gasteiger partial charge in [0.05, 0.1) is 15.7 Å². The molecule has 0 unspecified atom stereocenters. The third kappa shape index (κ3) is 6.48. The number of rotatable bonds is 9. The standard InChI is InChI=1S/C19H22Cl2N4O2/c1-4-17(19-16(21)11-14(20)12-22-19)25-27-10-6-8-15-7-5-9-18(23-15)13(2)24-26-3/h5,7,9,11-12H,4,6,8,10H2,1-3H3/b24-13+,25-17?. The van der Waals surface area contributed by atoms with E-state index in [2.05, 4.69) is 20.3 Å². The zero-order valence-electron chi connectivity index (χ0n) is 15.6.